The van der Waals surface area contributed by atoms with E-state index in [2.05, 4.69) is 17.0 Å². The van der Waals surface area contributed by atoms with Gasteiger partial charge in [-0.1, -0.05) is 0 Å². The Morgan fingerprint density at radius 3 is 2.61 bits per heavy atom. The number of halogens is 1. The van der Waals surface area contributed by atoms with Crippen LogP contribution in [0.2, 0.25) is 0 Å². The minimum atomic E-state index is -3.47. The van der Waals surface area contributed by atoms with Gasteiger partial charge in [-0.2, -0.15) is 0 Å². The summed E-state index contributed by atoms with van der Waals surface area (Å²) < 4.78 is 37.8. The monoisotopic (exact) mass is 272 g/mol. The summed E-state index contributed by atoms with van der Waals surface area (Å²) in [5, 5.41) is 3.26. The van der Waals surface area contributed by atoms with Crippen molar-refractivity contribution in [1.82, 2.24) is 0 Å². The molecular formula is C12H17FN2O2S. The van der Waals surface area contributed by atoms with E-state index in [0.29, 0.717) is 12.0 Å². The van der Waals surface area contributed by atoms with E-state index in [-0.39, 0.29) is 5.69 Å². The maximum absolute atomic E-state index is 13.5. The molecule has 1 aliphatic carbocycles. The molecule has 0 bridgehead atoms. The van der Waals surface area contributed by atoms with Crippen LogP contribution >= 0.6 is 0 Å². The predicted molar refractivity (Wildman–Crippen MR) is 70.7 cm³/mol. The van der Waals surface area contributed by atoms with Crippen molar-refractivity contribution in [2.75, 3.05) is 16.3 Å². The Kier molecular flexibility index (Phi) is 3.47. The highest BCUT2D eigenvalue weighted by atomic mass is 32.2. The lowest BCUT2D eigenvalue weighted by Gasteiger charge is -2.15. The van der Waals surface area contributed by atoms with Gasteiger partial charge in [0, 0.05) is 11.7 Å². The summed E-state index contributed by atoms with van der Waals surface area (Å²) in [6.07, 6.45) is 3.42. The number of sulfonamides is 1. The smallest absolute Gasteiger partial charge is 0.229 e. The molecule has 0 amide bonds. The second kappa shape index (κ2) is 4.76. The molecule has 1 aromatic carbocycles. The van der Waals surface area contributed by atoms with Crippen LogP contribution in [-0.4, -0.2) is 20.7 Å². The first-order valence-electron chi connectivity index (χ1n) is 5.89. The second-order valence-electron chi connectivity index (χ2n) is 4.84. The lowest BCUT2D eigenvalue weighted by atomic mass is 10.2. The van der Waals surface area contributed by atoms with Gasteiger partial charge in [0.15, 0.2) is 0 Å². The lowest BCUT2D eigenvalue weighted by molar-refractivity contribution is 0.603. The highest BCUT2D eigenvalue weighted by Crippen LogP contribution is 2.34. The van der Waals surface area contributed by atoms with Crippen LogP contribution in [0.1, 0.15) is 19.8 Å². The summed E-state index contributed by atoms with van der Waals surface area (Å²) in [4.78, 5) is 0. The van der Waals surface area contributed by atoms with Crippen molar-refractivity contribution >= 4 is 21.4 Å². The maximum Gasteiger partial charge on any atom is 0.229 e. The predicted octanol–water partition coefficient (Wildman–Crippen LogP) is 2.41. The number of nitrogens with one attached hydrogen (secondary N) is 2. The fourth-order valence-electron chi connectivity index (χ4n) is 1.87. The Labute approximate surface area is 107 Å². The SMILES string of the molecule is CC(Nc1ccc(F)c(NS(C)(=O)=O)c1)C1CC1. The summed E-state index contributed by atoms with van der Waals surface area (Å²) in [5.74, 6) is 0.0893. The molecule has 4 nitrogen and oxygen atoms in total. The summed E-state index contributed by atoms with van der Waals surface area (Å²) in [7, 11) is -3.47. The summed E-state index contributed by atoms with van der Waals surface area (Å²) in [5.41, 5.74) is 0.701. The maximum atomic E-state index is 13.5. The molecule has 1 atom stereocenters. The van der Waals surface area contributed by atoms with Gasteiger partial charge in [0.05, 0.1) is 11.9 Å². The Hall–Kier alpha value is -1.30. The van der Waals surface area contributed by atoms with E-state index in [0.717, 1.165) is 11.9 Å². The van der Waals surface area contributed by atoms with Crippen LogP contribution in [-0.2, 0) is 10.0 Å². The van der Waals surface area contributed by atoms with Crippen LogP contribution in [0.4, 0.5) is 15.8 Å². The zero-order chi connectivity index (χ0) is 13.3. The molecule has 6 heteroatoms. The third kappa shape index (κ3) is 3.60. The minimum Gasteiger partial charge on any atom is -0.382 e. The number of benzene rings is 1. The van der Waals surface area contributed by atoms with Crippen LogP contribution in [0.3, 0.4) is 0 Å². The van der Waals surface area contributed by atoms with Gasteiger partial charge < -0.3 is 5.32 Å². The molecule has 2 rings (SSSR count). The quantitative estimate of drug-likeness (QED) is 0.865. The largest absolute Gasteiger partial charge is 0.382 e. The molecule has 0 saturated heterocycles. The molecule has 0 aliphatic heterocycles. The minimum absolute atomic E-state index is 0.0227. The molecule has 18 heavy (non-hydrogen) atoms. The normalized spacial score (nSPS) is 17.3. The van der Waals surface area contributed by atoms with Crippen LogP contribution in [0.15, 0.2) is 18.2 Å². The van der Waals surface area contributed by atoms with Crippen molar-refractivity contribution in [2.24, 2.45) is 5.92 Å². The zero-order valence-electron chi connectivity index (χ0n) is 10.4. The first-order valence-corrected chi connectivity index (χ1v) is 7.78. The van der Waals surface area contributed by atoms with Crippen molar-refractivity contribution in [2.45, 2.75) is 25.8 Å². The highest BCUT2D eigenvalue weighted by Gasteiger charge is 2.27. The van der Waals surface area contributed by atoms with Crippen LogP contribution in [0.5, 0.6) is 0 Å². The van der Waals surface area contributed by atoms with E-state index < -0.39 is 15.8 Å². The number of rotatable bonds is 5. The molecule has 1 fully saturated rings. The molecule has 2 N–H and O–H groups in total. The van der Waals surface area contributed by atoms with E-state index in [9.17, 15) is 12.8 Å². The van der Waals surface area contributed by atoms with Gasteiger partial charge in [-0.05, 0) is 43.9 Å². The van der Waals surface area contributed by atoms with E-state index in [1.807, 2.05) is 0 Å². The zero-order valence-corrected chi connectivity index (χ0v) is 11.2. The molecule has 0 radical (unpaired) electrons. The standard InChI is InChI=1S/C12H17FN2O2S/c1-8(9-3-4-9)14-10-5-6-11(13)12(7-10)15-18(2,16)17/h5-9,14-15H,3-4H2,1-2H3. The topological polar surface area (TPSA) is 58.2 Å². The number of anilines is 2. The summed E-state index contributed by atoms with van der Waals surface area (Å²) in [6.45, 7) is 2.07. The fraction of sp³-hybridized carbons (Fsp3) is 0.500. The van der Waals surface area contributed by atoms with E-state index in [4.69, 9.17) is 0 Å². The van der Waals surface area contributed by atoms with E-state index in [1.54, 1.807) is 6.07 Å². The fourth-order valence-corrected chi connectivity index (χ4v) is 2.43. The summed E-state index contributed by atoms with van der Waals surface area (Å²) in [6, 6.07) is 4.67. The van der Waals surface area contributed by atoms with Gasteiger partial charge in [0.1, 0.15) is 5.82 Å². The molecule has 1 saturated carbocycles. The van der Waals surface area contributed by atoms with Gasteiger partial charge in [0.2, 0.25) is 10.0 Å². The van der Waals surface area contributed by atoms with Crippen molar-refractivity contribution in [3.05, 3.63) is 24.0 Å². The Balaban J connectivity index is 2.14. The van der Waals surface area contributed by atoms with Gasteiger partial charge >= 0.3 is 0 Å². The van der Waals surface area contributed by atoms with Gasteiger partial charge in [0.25, 0.3) is 0 Å². The average molecular weight is 272 g/mol. The van der Waals surface area contributed by atoms with E-state index >= 15 is 0 Å². The van der Waals surface area contributed by atoms with Crippen LogP contribution < -0.4 is 10.0 Å². The van der Waals surface area contributed by atoms with Gasteiger partial charge in [-0.25, -0.2) is 12.8 Å². The number of hydrogen-bond acceptors (Lipinski definition) is 3. The third-order valence-corrected chi connectivity index (χ3v) is 3.58. The summed E-state index contributed by atoms with van der Waals surface area (Å²) >= 11 is 0. The van der Waals surface area contributed by atoms with Crippen molar-refractivity contribution in [3.63, 3.8) is 0 Å². The Morgan fingerprint density at radius 1 is 1.39 bits per heavy atom. The Morgan fingerprint density at radius 2 is 2.06 bits per heavy atom. The molecule has 1 aromatic rings. The Bertz CT molecular complexity index is 541. The van der Waals surface area contributed by atoms with Crippen molar-refractivity contribution in [3.8, 4) is 0 Å². The second-order valence-corrected chi connectivity index (χ2v) is 6.59. The number of hydrogen-bond donors (Lipinski definition) is 2. The van der Waals surface area contributed by atoms with Crippen molar-refractivity contribution in [1.29, 1.82) is 0 Å². The molecular weight excluding hydrogens is 255 g/mol. The van der Waals surface area contributed by atoms with Gasteiger partial charge in [-0.15, -0.1) is 0 Å². The first kappa shape index (κ1) is 13.1. The van der Waals surface area contributed by atoms with Crippen LogP contribution in [0.25, 0.3) is 0 Å². The average Bonchev–Trinajstić information content (AvgIpc) is 3.04. The molecule has 1 unspecified atom stereocenters. The first-order chi connectivity index (χ1) is 8.35. The molecule has 100 valence electrons. The van der Waals surface area contributed by atoms with E-state index in [1.165, 1.54) is 25.0 Å². The molecule has 0 spiro atoms. The lowest BCUT2D eigenvalue weighted by Crippen LogP contribution is -2.17. The third-order valence-electron chi connectivity index (χ3n) is 2.99. The van der Waals surface area contributed by atoms with Gasteiger partial charge in [-0.3, -0.25) is 4.72 Å². The highest BCUT2D eigenvalue weighted by molar-refractivity contribution is 7.92. The van der Waals surface area contributed by atoms with Crippen molar-refractivity contribution < 1.29 is 12.8 Å². The van der Waals surface area contributed by atoms with Crippen LogP contribution in [0, 0.1) is 11.7 Å². The molecule has 0 aromatic heterocycles. The molecule has 0 heterocycles. The molecule has 1 aliphatic rings.